The van der Waals surface area contributed by atoms with E-state index in [4.69, 9.17) is 5.73 Å². The van der Waals surface area contributed by atoms with Crippen molar-refractivity contribution in [2.75, 3.05) is 30.7 Å². The number of likely N-dealkylation sites (N-methyl/N-ethyl adjacent to an activating group) is 1. The van der Waals surface area contributed by atoms with E-state index in [-0.39, 0.29) is 23.5 Å². The normalized spacial score (nSPS) is 16.2. The second-order valence-corrected chi connectivity index (χ2v) is 7.94. The van der Waals surface area contributed by atoms with Crippen LogP contribution < -0.4 is 16.4 Å². The number of nitrogens with one attached hydrogen (secondary N) is 2. The van der Waals surface area contributed by atoms with Crippen LogP contribution in [0.25, 0.3) is 11.3 Å². The second kappa shape index (κ2) is 10.2. The topological polar surface area (TPSA) is 126 Å². The Labute approximate surface area is 192 Å². The molecule has 1 aromatic carbocycles. The first-order valence-corrected chi connectivity index (χ1v) is 11.0. The number of nitrogen functional groups attached to an aromatic ring is 1. The highest BCUT2D eigenvalue weighted by Gasteiger charge is 2.21. The standard InChI is InChI=1S/C24H27N7O2/c1-2-31-13-5-6-18(15-31)28-23(32)17-10-8-16(9-11-17)19-14-27-22(25)21(29-19)24(33)30-20-7-3-4-12-26-20/h3-4,7-12,14,18H,2,5-6,13,15H2,1H3,(H2,25,27)(H,28,32)(H,26,30,33). The number of pyridine rings is 1. The number of likely N-dealkylation sites (tertiary alicyclic amines) is 1. The van der Waals surface area contributed by atoms with E-state index in [9.17, 15) is 9.59 Å². The lowest BCUT2D eigenvalue weighted by Gasteiger charge is -2.32. The second-order valence-electron chi connectivity index (χ2n) is 7.94. The Balaban J connectivity index is 1.45. The molecule has 3 aromatic rings. The molecule has 1 atom stereocenters. The number of nitrogens with zero attached hydrogens (tertiary/aromatic N) is 4. The van der Waals surface area contributed by atoms with Crippen LogP contribution in [0.5, 0.6) is 0 Å². The minimum atomic E-state index is -0.495. The molecule has 3 heterocycles. The Morgan fingerprint density at radius 3 is 2.67 bits per heavy atom. The van der Waals surface area contributed by atoms with Gasteiger partial charge in [0.1, 0.15) is 5.82 Å². The number of nitrogens with two attached hydrogens (primary N) is 1. The van der Waals surface area contributed by atoms with Gasteiger partial charge in [0, 0.05) is 29.9 Å². The highest BCUT2D eigenvalue weighted by molar-refractivity contribution is 6.05. The van der Waals surface area contributed by atoms with Crippen LogP contribution in [-0.4, -0.2) is 57.3 Å². The van der Waals surface area contributed by atoms with E-state index in [0.717, 1.165) is 38.0 Å². The van der Waals surface area contributed by atoms with Crippen molar-refractivity contribution < 1.29 is 9.59 Å². The first-order chi connectivity index (χ1) is 16.0. The summed E-state index contributed by atoms with van der Waals surface area (Å²) in [5.74, 6) is -0.172. The SMILES string of the molecule is CCN1CCCC(NC(=O)c2ccc(-c3cnc(N)c(C(=O)Nc4ccccn4)n3)cc2)C1. The largest absolute Gasteiger partial charge is 0.382 e. The smallest absolute Gasteiger partial charge is 0.279 e. The van der Waals surface area contributed by atoms with Gasteiger partial charge < -0.3 is 21.3 Å². The zero-order chi connectivity index (χ0) is 23.2. The highest BCUT2D eigenvalue weighted by atomic mass is 16.2. The van der Waals surface area contributed by atoms with Gasteiger partial charge in [0.05, 0.1) is 11.9 Å². The van der Waals surface area contributed by atoms with Crippen molar-refractivity contribution in [1.29, 1.82) is 0 Å². The predicted molar refractivity (Wildman–Crippen MR) is 127 cm³/mol. The molecule has 4 N–H and O–H groups in total. The fourth-order valence-electron chi connectivity index (χ4n) is 3.84. The maximum atomic E-state index is 12.7. The molecular weight excluding hydrogens is 418 g/mol. The fraction of sp³-hybridized carbons (Fsp3) is 0.292. The van der Waals surface area contributed by atoms with E-state index in [0.29, 0.717) is 17.1 Å². The molecule has 0 spiro atoms. The molecule has 0 radical (unpaired) electrons. The van der Waals surface area contributed by atoms with E-state index < -0.39 is 5.91 Å². The first-order valence-electron chi connectivity index (χ1n) is 11.0. The molecule has 1 aliphatic heterocycles. The number of carbonyl (C=O) groups excluding carboxylic acids is 2. The summed E-state index contributed by atoms with van der Waals surface area (Å²) >= 11 is 0. The van der Waals surface area contributed by atoms with Gasteiger partial charge in [-0.05, 0) is 50.2 Å². The number of anilines is 2. The lowest BCUT2D eigenvalue weighted by molar-refractivity contribution is 0.0905. The molecule has 1 fully saturated rings. The fourth-order valence-corrected chi connectivity index (χ4v) is 3.84. The summed E-state index contributed by atoms with van der Waals surface area (Å²) in [6.45, 7) is 5.09. The van der Waals surface area contributed by atoms with Crippen molar-refractivity contribution in [3.8, 4) is 11.3 Å². The van der Waals surface area contributed by atoms with Gasteiger partial charge >= 0.3 is 0 Å². The molecular formula is C24H27N7O2. The van der Waals surface area contributed by atoms with Gasteiger partial charge in [0.2, 0.25) is 0 Å². The molecule has 4 rings (SSSR count). The Morgan fingerprint density at radius 2 is 1.94 bits per heavy atom. The van der Waals surface area contributed by atoms with Crippen LogP contribution in [-0.2, 0) is 0 Å². The van der Waals surface area contributed by atoms with Gasteiger partial charge in [-0.2, -0.15) is 0 Å². The van der Waals surface area contributed by atoms with Gasteiger partial charge in [-0.1, -0.05) is 25.1 Å². The van der Waals surface area contributed by atoms with Crippen LogP contribution >= 0.6 is 0 Å². The number of aromatic nitrogens is 3. The monoisotopic (exact) mass is 445 g/mol. The van der Waals surface area contributed by atoms with Crippen molar-refractivity contribution in [2.45, 2.75) is 25.8 Å². The lowest BCUT2D eigenvalue weighted by atomic mass is 10.0. The van der Waals surface area contributed by atoms with Gasteiger partial charge in [-0.15, -0.1) is 0 Å². The minimum absolute atomic E-state index is 0.0118. The number of amides is 2. The average Bonchev–Trinajstić information content (AvgIpc) is 2.85. The van der Waals surface area contributed by atoms with Gasteiger partial charge in [-0.3, -0.25) is 9.59 Å². The van der Waals surface area contributed by atoms with E-state index >= 15 is 0 Å². The van der Waals surface area contributed by atoms with Crippen molar-refractivity contribution >= 4 is 23.5 Å². The summed E-state index contributed by atoms with van der Waals surface area (Å²) in [6, 6.07) is 12.4. The third-order valence-corrected chi connectivity index (χ3v) is 5.65. The zero-order valence-corrected chi connectivity index (χ0v) is 18.5. The van der Waals surface area contributed by atoms with E-state index in [1.54, 1.807) is 48.7 Å². The number of hydrogen-bond donors (Lipinski definition) is 3. The maximum Gasteiger partial charge on any atom is 0.279 e. The summed E-state index contributed by atoms with van der Waals surface area (Å²) < 4.78 is 0. The molecule has 1 aliphatic rings. The molecule has 2 amide bonds. The molecule has 1 unspecified atom stereocenters. The number of piperidine rings is 1. The average molecular weight is 446 g/mol. The molecule has 2 aromatic heterocycles. The third kappa shape index (κ3) is 5.50. The zero-order valence-electron chi connectivity index (χ0n) is 18.5. The Morgan fingerprint density at radius 1 is 1.12 bits per heavy atom. The molecule has 0 saturated carbocycles. The Bertz CT molecular complexity index is 1120. The van der Waals surface area contributed by atoms with Crippen molar-refractivity contribution in [1.82, 2.24) is 25.2 Å². The van der Waals surface area contributed by atoms with Crippen LogP contribution in [0.4, 0.5) is 11.6 Å². The predicted octanol–water partition coefficient (Wildman–Crippen LogP) is 2.59. The molecule has 0 aliphatic carbocycles. The molecule has 0 bridgehead atoms. The Hall–Kier alpha value is -3.85. The summed E-state index contributed by atoms with van der Waals surface area (Å²) in [7, 11) is 0. The molecule has 170 valence electrons. The Kier molecular flexibility index (Phi) is 6.89. The maximum absolute atomic E-state index is 12.7. The molecule has 9 heteroatoms. The molecule has 9 nitrogen and oxygen atoms in total. The van der Waals surface area contributed by atoms with Crippen LogP contribution in [0.2, 0.25) is 0 Å². The van der Waals surface area contributed by atoms with Gasteiger partial charge in [0.15, 0.2) is 11.5 Å². The van der Waals surface area contributed by atoms with Crippen molar-refractivity contribution in [2.24, 2.45) is 0 Å². The number of hydrogen-bond acceptors (Lipinski definition) is 7. The molecule has 33 heavy (non-hydrogen) atoms. The van der Waals surface area contributed by atoms with E-state index in [1.807, 2.05) is 0 Å². The minimum Gasteiger partial charge on any atom is -0.382 e. The number of rotatable bonds is 6. The number of benzene rings is 1. The van der Waals surface area contributed by atoms with Gasteiger partial charge in [0.25, 0.3) is 11.8 Å². The molecule has 1 saturated heterocycles. The van der Waals surface area contributed by atoms with E-state index in [1.165, 1.54) is 6.20 Å². The van der Waals surface area contributed by atoms with Crippen LogP contribution in [0.15, 0.2) is 54.9 Å². The van der Waals surface area contributed by atoms with Crippen LogP contribution in [0.3, 0.4) is 0 Å². The summed E-state index contributed by atoms with van der Waals surface area (Å²) in [6.07, 6.45) is 5.16. The third-order valence-electron chi connectivity index (χ3n) is 5.65. The summed E-state index contributed by atoms with van der Waals surface area (Å²) in [4.78, 5) is 40.2. The van der Waals surface area contributed by atoms with Gasteiger partial charge in [-0.25, -0.2) is 15.0 Å². The first kappa shape index (κ1) is 22.3. The van der Waals surface area contributed by atoms with Crippen LogP contribution in [0.1, 0.15) is 40.6 Å². The van der Waals surface area contributed by atoms with E-state index in [2.05, 4.69) is 37.4 Å². The number of carbonyl (C=O) groups is 2. The summed E-state index contributed by atoms with van der Waals surface area (Å²) in [5, 5.41) is 5.79. The highest BCUT2D eigenvalue weighted by Crippen LogP contribution is 2.20. The van der Waals surface area contributed by atoms with Crippen molar-refractivity contribution in [3.05, 3.63) is 66.1 Å². The van der Waals surface area contributed by atoms with Crippen LogP contribution in [0, 0.1) is 0 Å². The van der Waals surface area contributed by atoms with Crippen molar-refractivity contribution in [3.63, 3.8) is 0 Å². The quantitative estimate of drug-likeness (QED) is 0.532. The summed E-state index contributed by atoms with van der Waals surface area (Å²) in [5.41, 5.74) is 7.67. The lowest BCUT2D eigenvalue weighted by Crippen LogP contribution is -2.47.